The number of rotatable bonds is 2. The molecule has 2 aliphatic rings. The van der Waals surface area contributed by atoms with Gasteiger partial charge in [-0.2, -0.15) is 0 Å². The summed E-state index contributed by atoms with van der Waals surface area (Å²) in [5, 5.41) is 3.41. The van der Waals surface area contributed by atoms with Gasteiger partial charge in [0.05, 0.1) is 11.6 Å². The first kappa shape index (κ1) is 17.1. The topological polar surface area (TPSA) is 65.8 Å². The molecule has 6 nitrogen and oxygen atoms in total. The smallest absolute Gasteiger partial charge is 0.321 e. The first-order chi connectivity index (χ1) is 12.7. The molecule has 0 atom stereocenters. The van der Waals surface area contributed by atoms with Crippen LogP contribution in [0.25, 0.3) is 11.0 Å². The summed E-state index contributed by atoms with van der Waals surface area (Å²) in [7, 11) is 0. The lowest BCUT2D eigenvalue weighted by Crippen LogP contribution is -2.40. The monoisotopic (exact) mass is 355 g/mol. The normalized spacial score (nSPS) is 19.6. The Hall–Kier alpha value is -2.34. The summed E-state index contributed by atoms with van der Waals surface area (Å²) in [6.45, 7) is 3.54. The van der Waals surface area contributed by atoms with Crippen LogP contribution in [0.2, 0.25) is 0 Å². The quantitative estimate of drug-likeness (QED) is 0.898. The molecule has 2 fully saturated rings. The van der Waals surface area contributed by atoms with Crippen LogP contribution in [0.5, 0.6) is 0 Å². The molecule has 6 heteroatoms. The van der Waals surface area contributed by atoms with E-state index < -0.39 is 0 Å². The Morgan fingerprint density at radius 1 is 1.04 bits per heavy atom. The summed E-state index contributed by atoms with van der Waals surface area (Å²) in [6.07, 6.45) is 7.65. The van der Waals surface area contributed by atoms with Gasteiger partial charge >= 0.3 is 6.03 Å². The summed E-state index contributed by atoms with van der Waals surface area (Å²) < 4.78 is 5.32. The number of amides is 2. The molecular formula is C20H25N3O3. The standard InChI is InChI=1S/C20H25N3O3/c24-18-8-13-26-19-7-6-15(14-17(18)19)21-20(25)23-10-3-9-22(11-12-23)16-4-1-2-5-16/h6-8,13-14,16H,1-5,9-12H2,(H,21,25). The largest absolute Gasteiger partial charge is 0.464 e. The van der Waals surface area contributed by atoms with Gasteiger partial charge in [-0.25, -0.2) is 4.79 Å². The number of carbonyl (C=O) groups is 1. The molecule has 4 rings (SSSR count). The van der Waals surface area contributed by atoms with E-state index in [-0.39, 0.29) is 11.5 Å². The zero-order valence-electron chi connectivity index (χ0n) is 14.9. The minimum Gasteiger partial charge on any atom is -0.464 e. The van der Waals surface area contributed by atoms with Gasteiger partial charge in [-0.15, -0.1) is 0 Å². The fourth-order valence-corrected chi connectivity index (χ4v) is 4.14. The molecule has 0 spiro atoms. The van der Waals surface area contributed by atoms with Crippen molar-refractivity contribution in [1.29, 1.82) is 0 Å². The highest BCUT2D eigenvalue weighted by atomic mass is 16.3. The Morgan fingerprint density at radius 2 is 1.88 bits per heavy atom. The van der Waals surface area contributed by atoms with E-state index in [4.69, 9.17) is 4.42 Å². The van der Waals surface area contributed by atoms with E-state index in [1.807, 2.05) is 4.90 Å². The molecule has 1 aliphatic heterocycles. The summed E-state index contributed by atoms with van der Waals surface area (Å²) in [4.78, 5) is 29.0. The first-order valence-electron chi connectivity index (χ1n) is 9.52. The van der Waals surface area contributed by atoms with Crippen LogP contribution in [0.4, 0.5) is 10.5 Å². The van der Waals surface area contributed by atoms with E-state index in [0.29, 0.717) is 22.7 Å². The van der Waals surface area contributed by atoms with Crippen molar-refractivity contribution < 1.29 is 9.21 Å². The van der Waals surface area contributed by atoms with E-state index in [2.05, 4.69) is 10.2 Å². The SMILES string of the molecule is O=C(Nc1ccc2occc(=O)c2c1)N1CCCN(C2CCCC2)CC1. The highest BCUT2D eigenvalue weighted by Gasteiger charge is 2.26. The van der Waals surface area contributed by atoms with E-state index in [0.717, 1.165) is 32.6 Å². The Kier molecular flexibility index (Phi) is 4.93. The van der Waals surface area contributed by atoms with Gasteiger partial charge in [-0.3, -0.25) is 9.69 Å². The fourth-order valence-electron chi connectivity index (χ4n) is 4.14. The highest BCUT2D eigenvalue weighted by molar-refractivity contribution is 5.92. The summed E-state index contributed by atoms with van der Waals surface area (Å²) >= 11 is 0. The number of fused-ring (bicyclic) bond motifs is 1. The van der Waals surface area contributed by atoms with Crippen molar-refractivity contribution in [1.82, 2.24) is 9.80 Å². The van der Waals surface area contributed by atoms with Crippen LogP contribution in [-0.4, -0.2) is 48.1 Å². The van der Waals surface area contributed by atoms with Gasteiger partial charge in [0, 0.05) is 44.0 Å². The molecule has 0 radical (unpaired) electrons. The molecule has 26 heavy (non-hydrogen) atoms. The molecule has 2 amide bonds. The van der Waals surface area contributed by atoms with Crippen LogP contribution in [0.15, 0.2) is 39.7 Å². The van der Waals surface area contributed by atoms with Gasteiger partial charge in [0.2, 0.25) is 0 Å². The van der Waals surface area contributed by atoms with Crippen molar-refractivity contribution >= 4 is 22.7 Å². The van der Waals surface area contributed by atoms with Crippen molar-refractivity contribution in [2.24, 2.45) is 0 Å². The predicted octanol–water partition coefficient (Wildman–Crippen LogP) is 3.28. The van der Waals surface area contributed by atoms with Crippen molar-refractivity contribution in [2.75, 3.05) is 31.5 Å². The number of nitrogens with one attached hydrogen (secondary N) is 1. The van der Waals surface area contributed by atoms with Gasteiger partial charge < -0.3 is 14.6 Å². The molecule has 1 saturated carbocycles. The molecule has 0 unspecified atom stereocenters. The Balaban J connectivity index is 1.41. The molecule has 1 N–H and O–H groups in total. The van der Waals surface area contributed by atoms with Crippen LogP contribution >= 0.6 is 0 Å². The van der Waals surface area contributed by atoms with Crippen molar-refractivity contribution in [3.63, 3.8) is 0 Å². The predicted molar refractivity (Wildman–Crippen MR) is 102 cm³/mol. The second-order valence-electron chi connectivity index (χ2n) is 7.24. The zero-order chi connectivity index (χ0) is 17.9. The third-order valence-corrected chi connectivity index (χ3v) is 5.57. The van der Waals surface area contributed by atoms with Crippen LogP contribution < -0.4 is 10.7 Å². The van der Waals surface area contributed by atoms with E-state index in [1.165, 1.54) is 38.0 Å². The average molecular weight is 355 g/mol. The van der Waals surface area contributed by atoms with E-state index in [1.54, 1.807) is 18.2 Å². The first-order valence-corrected chi connectivity index (χ1v) is 9.52. The molecular weight excluding hydrogens is 330 g/mol. The molecule has 1 saturated heterocycles. The van der Waals surface area contributed by atoms with Gasteiger partial charge in [-0.1, -0.05) is 12.8 Å². The third-order valence-electron chi connectivity index (χ3n) is 5.57. The average Bonchev–Trinajstić information content (AvgIpc) is 3.07. The number of benzene rings is 1. The van der Waals surface area contributed by atoms with Crippen molar-refractivity contribution in [3.8, 4) is 0 Å². The van der Waals surface area contributed by atoms with E-state index in [9.17, 15) is 9.59 Å². The summed E-state index contributed by atoms with van der Waals surface area (Å²) in [6, 6.07) is 7.17. The van der Waals surface area contributed by atoms with Crippen LogP contribution in [0, 0.1) is 0 Å². The van der Waals surface area contributed by atoms with Gasteiger partial charge in [-0.05, 0) is 37.5 Å². The second-order valence-corrected chi connectivity index (χ2v) is 7.24. The fraction of sp³-hybridized carbons (Fsp3) is 0.500. The number of nitrogens with zero attached hydrogens (tertiary/aromatic N) is 2. The molecule has 1 aromatic carbocycles. The summed E-state index contributed by atoms with van der Waals surface area (Å²) in [5.74, 6) is 0. The van der Waals surface area contributed by atoms with Crippen LogP contribution in [0.3, 0.4) is 0 Å². The van der Waals surface area contributed by atoms with Crippen LogP contribution in [-0.2, 0) is 0 Å². The van der Waals surface area contributed by atoms with E-state index >= 15 is 0 Å². The lowest BCUT2D eigenvalue weighted by atomic mass is 10.2. The number of carbonyl (C=O) groups excluding carboxylic acids is 1. The Bertz CT molecular complexity index is 842. The van der Waals surface area contributed by atoms with Gasteiger partial charge in [0.15, 0.2) is 5.43 Å². The molecule has 2 heterocycles. The highest BCUT2D eigenvalue weighted by Crippen LogP contribution is 2.24. The van der Waals surface area contributed by atoms with Crippen molar-refractivity contribution in [3.05, 3.63) is 40.8 Å². The number of hydrogen-bond donors (Lipinski definition) is 1. The Morgan fingerprint density at radius 3 is 2.73 bits per heavy atom. The second kappa shape index (κ2) is 7.50. The molecule has 0 bridgehead atoms. The summed E-state index contributed by atoms with van der Waals surface area (Å²) in [5.41, 5.74) is 1.04. The molecule has 1 aliphatic carbocycles. The Labute approximate surface area is 152 Å². The third kappa shape index (κ3) is 3.60. The maximum Gasteiger partial charge on any atom is 0.321 e. The maximum absolute atomic E-state index is 12.7. The minimum atomic E-state index is -0.107. The lowest BCUT2D eigenvalue weighted by molar-refractivity contribution is 0.195. The van der Waals surface area contributed by atoms with Crippen LogP contribution in [0.1, 0.15) is 32.1 Å². The number of anilines is 1. The molecule has 2 aromatic rings. The molecule has 138 valence electrons. The zero-order valence-corrected chi connectivity index (χ0v) is 14.9. The van der Waals surface area contributed by atoms with Gasteiger partial charge in [0.1, 0.15) is 5.58 Å². The number of urea groups is 1. The van der Waals surface area contributed by atoms with Crippen molar-refractivity contribution in [2.45, 2.75) is 38.1 Å². The van der Waals surface area contributed by atoms with Gasteiger partial charge in [0.25, 0.3) is 0 Å². The molecule has 1 aromatic heterocycles. The minimum absolute atomic E-state index is 0.0991. The lowest BCUT2D eigenvalue weighted by Gasteiger charge is -2.27. The number of hydrogen-bond acceptors (Lipinski definition) is 4. The maximum atomic E-state index is 12.7.